The summed E-state index contributed by atoms with van der Waals surface area (Å²) in [6.07, 6.45) is 5.67. The lowest BCUT2D eigenvalue weighted by Crippen LogP contribution is -2.34. The molecule has 0 unspecified atom stereocenters. The zero-order chi connectivity index (χ0) is 20.2. The van der Waals surface area contributed by atoms with Crippen LogP contribution < -0.4 is 4.90 Å². The number of esters is 1. The molecule has 150 valence electrons. The van der Waals surface area contributed by atoms with Crippen LogP contribution in [0.5, 0.6) is 0 Å². The Morgan fingerprint density at radius 1 is 1.17 bits per heavy atom. The van der Waals surface area contributed by atoms with Gasteiger partial charge in [-0.05, 0) is 44.2 Å². The molecule has 2 heterocycles. The number of hydrogen-bond donors (Lipinski definition) is 0. The molecule has 0 saturated heterocycles. The van der Waals surface area contributed by atoms with E-state index < -0.39 is 5.97 Å². The van der Waals surface area contributed by atoms with Gasteiger partial charge in [0.1, 0.15) is 11.3 Å². The average molecular weight is 410 g/mol. The molecule has 3 aromatic rings. The molecule has 6 nitrogen and oxygen atoms in total. The summed E-state index contributed by atoms with van der Waals surface area (Å²) in [5.74, 6) is -0.395. The number of amides is 1. The Morgan fingerprint density at radius 2 is 1.97 bits per heavy atom. The highest BCUT2D eigenvalue weighted by Gasteiger charge is 2.25. The van der Waals surface area contributed by atoms with Crippen molar-refractivity contribution in [2.24, 2.45) is 0 Å². The number of rotatable bonds is 6. The van der Waals surface area contributed by atoms with Gasteiger partial charge in [-0.3, -0.25) is 9.69 Å². The van der Waals surface area contributed by atoms with Crippen molar-refractivity contribution in [1.29, 1.82) is 0 Å². The third-order valence-corrected chi connectivity index (χ3v) is 6.14. The Morgan fingerprint density at radius 3 is 2.69 bits per heavy atom. The zero-order valence-electron chi connectivity index (χ0n) is 16.2. The minimum absolute atomic E-state index is 0.297. The number of aryl methyl sites for hydroxylation is 3. The van der Waals surface area contributed by atoms with E-state index in [-0.39, 0.29) is 12.5 Å². The van der Waals surface area contributed by atoms with Crippen LogP contribution in [0.25, 0.3) is 0 Å². The molecule has 29 heavy (non-hydrogen) atoms. The van der Waals surface area contributed by atoms with Crippen molar-refractivity contribution in [3.63, 3.8) is 0 Å². The fourth-order valence-electron chi connectivity index (χ4n) is 3.36. The first kappa shape index (κ1) is 19.4. The molecule has 1 amide bonds. The summed E-state index contributed by atoms with van der Waals surface area (Å²) in [5, 5.41) is 0.668. The van der Waals surface area contributed by atoms with Crippen molar-refractivity contribution < 1.29 is 18.7 Å². The number of carbonyl (C=O) groups excluding carboxylic acids is 2. The summed E-state index contributed by atoms with van der Waals surface area (Å²) >= 11 is 1.56. The van der Waals surface area contributed by atoms with Gasteiger partial charge in [0.15, 0.2) is 11.7 Å². The second-order valence-electron chi connectivity index (χ2n) is 7.01. The number of aromatic nitrogens is 1. The molecule has 0 N–H and O–H groups in total. The number of thiazole rings is 1. The maximum atomic E-state index is 13.0. The van der Waals surface area contributed by atoms with Crippen molar-refractivity contribution in [2.75, 3.05) is 11.5 Å². The van der Waals surface area contributed by atoms with E-state index in [9.17, 15) is 9.59 Å². The van der Waals surface area contributed by atoms with Gasteiger partial charge >= 0.3 is 5.97 Å². The van der Waals surface area contributed by atoms with E-state index in [0.29, 0.717) is 23.0 Å². The number of benzene rings is 1. The van der Waals surface area contributed by atoms with E-state index in [1.54, 1.807) is 29.2 Å². The summed E-state index contributed by atoms with van der Waals surface area (Å²) in [7, 11) is 0. The molecule has 1 aromatic carbocycles. The van der Waals surface area contributed by atoms with Gasteiger partial charge in [-0.2, -0.15) is 0 Å². The van der Waals surface area contributed by atoms with E-state index >= 15 is 0 Å². The Hall–Kier alpha value is -2.93. The van der Waals surface area contributed by atoms with Crippen LogP contribution in [-0.2, 0) is 28.9 Å². The minimum Gasteiger partial charge on any atom is -0.469 e. The topological polar surface area (TPSA) is 72.6 Å². The summed E-state index contributed by atoms with van der Waals surface area (Å²) in [5.41, 5.74) is 2.41. The number of hydrogen-bond acceptors (Lipinski definition) is 6. The number of anilines is 1. The highest BCUT2D eigenvalue weighted by atomic mass is 32.1. The van der Waals surface area contributed by atoms with Crippen LogP contribution in [0.4, 0.5) is 5.13 Å². The SMILES string of the molecule is Cc1occc1C(=O)OCC(=O)N(Cc1ccccc1)c1nc2c(s1)CCCC2. The molecule has 0 bridgehead atoms. The Labute approximate surface area is 173 Å². The van der Waals surface area contributed by atoms with E-state index in [1.165, 1.54) is 11.1 Å². The van der Waals surface area contributed by atoms with Crippen LogP contribution in [0, 0.1) is 6.92 Å². The number of nitrogens with zero attached hydrogens (tertiary/aromatic N) is 2. The van der Waals surface area contributed by atoms with Crippen molar-refractivity contribution in [1.82, 2.24) is 4.98 Å². The second kappa shape index (κ2) is 8.61. The highest BCUT2D eigenvalue weighted by molar-refractivity contribution is 7.15. The minimum atomic E-state index is -0.567. The Balaban J connectivity index is 1.52. The van der Waals surface area contributed by atoms with Crippen LogP contribution in [0.3, 0.4) is 0 Å². The average Bonchev–Trinajstić information content (AvgIpc) is 3.36. The fourth-order valence-corrected chi connectivity index (χ4v) is 4.53. The lowest BCUT2D eigenvalue weighted by Gasteiger charge is -2.20. The third kappa shape index (κ3) is 4.40. The molecular formula is C22H22N2O4S. The number of furan rings is 1. The van der Waals surface area contributed by atoms with Gasteiger partial charge in [0.05, 0.1) is 18.5 Å². The maximum Gasteiger partial charge on any atom is 0.342 e. The van der Waals surface area contributed by atoms with E-state index in [0.717, 1.165) is 36.9 Å². The fraction of sp³-hybridized carbons (Fsp3) is 0.318. The van der Waals surface area contributed by atoms with Crippen LogP contribution in [0.1, 0.15) is 45.1 Å². The lowest BCUT2D eigenvalue weighted by molar-refractivity contribution is -0.121. The summed E-state index contributed by atoms with van der Waals surface area (Å²) in [6, 6.07) is 11.3. The first-order valence-corrected chi connectivity index (χ1v) is 10.5. The Bertz CT molecular complexity index is 986. The zero-order valence-corrected chi connectivity index (χ0v) is 17.0. The largest absolute Gasteiger partial charge is 0.469 e. The molecule has 0 atom stereocenters. The van der Waals surface area contributed by atoms with E-state index in [2.05, 4.69) is 0 Å². The predicted octanol–water partition coefficient (Wildman–Crippen LogP) is 4.31. The first-order chi connectivity index (χ1) is 14.1. The molecule has 0 aliphatic heterocycles. The lowest BCUT2D eigenvalue weighted by atomic mass is 10.0. The van der Waals surface area contributed by atoms with Crippen LogP contribution >= 0.6 is 11.3 Å². The molecule has 0 spiro atoms. The molecule has 1 aliphatic carbocycles. The van der Waals surface area contributed by atoms with Gasteiger partial charge in [-0.25, -0.2) is 9.78 Å². The monoisotopic (exact) mass is 410 g/mol. The van der Waals surface area contributed by atoms with Gasteiger partial charge in [-0.1, -0.05) is 30.3 Å². The van der Waals surface area contributed by atoms with Gasteiger partial charge < -0.3 is 9.15 Å². The van der Waals surface area contributed by atoms with Crippen molar-refractivity contribution in [2.45, 2.75) is 39.2 Å². The summed E-state index contributed by atoms with van der Waals surface area (Å²) < 4.78 is 10.4. The number of ether oxygens (including phenoxy) is 1. The quantitative estimate of drug-likeness (QED) is 0.566. The van der Waals surface area contributed by atoms with E-state index in [1.807, 2.05) is 30.3 Å². The van der Waals surface area contributed by atoms with Gasteiger partial charge in [-0.15, -0.1) is 11.3 Å². The predicted molar refractivity (Wildman–Crippen MR) is 110 cm³/mol. The number of fused-ring (bicyclic) bond motifs is 1. The maximum absolute atomic E-state index is 13.0. The third-order valence-electron chi connectivity index (χ3n) is 4.96. The van der Waals surface area contributed by atoms with Crippen molar-refractivity contribution in [3.8, 4) is 0 Å². The van der Waals surface area contributed by atoms with Gasteiger partial charge in [0, 0.05) is 4.88 Å². The molecule has 7 heteroatoms. The number of carbonyl (C=O) groups is 2. The highest BCUT2D eigenvalue weighted by Crippen LogP contribution is 2.32. The molecule has 1 aliphatic rings. The van der Waals surface area contributed by atoms with Gasteiger partial charge in [0.2, 0.25) is 0 Å². The molecule has 0 fully saturated rings. The molecular weight excluding hydrogens is 388 g/mol. The molecule has 0 radical (unpaired) electrons. The standard InChI is InChI=1S/C22H22N2O4S/c1-15-17(11-12-27-15)21(26)28-14-20(25)24(13-16-7-3-2-4-8-16)22-23-18-9-5-6-10-19(18)29-22/h2-4,7-8,11-12H,5-6,9-10,13-14H2,1H3. The molecule has 2 aromatic heterocycles. The van der Waals surface area contributed by atoms with Crippen LogP contribution in [0.2, 0.25) is 0 Å². The summed E-state index contributed by atoms with van der Waals surface area (Å²) in [4.78, 5) is 32.9. The van der Waals surface area contributed by atoms with Gasteiger partial charge in [0.25, 0.3) is 5.91 Å². The van der Waals surface area contributed by atoms with Crippen LogP contribution in [-0.4, -0.2) is 23.5 Å². The Kier molecular flexibility index (Phi) is 5.76. The molecule has 0 saturated carbocycles. The van der Waals surface area contributed by atoms with Crippen LogP contribution in [0.15, 0.2) is 47.1 Å². The normalized spacial score (nSPS) is 13.0. The first-order valence-electron chi connectivity index (χ1n) is 9.66. The van der Waals surface area contributed by atoms with E-state index in [4.69, 9.17) is 14.1 Å². The molecule has 4 rings (SSSR count). The van der Waals surface area contributed by atoms with Crippen molar-refractivity contribution >= 4 is 28.3 Å². The van der Waals surface area contributed by atoms with Crippen molar-refractivity contribution in [3.05, 3.63) is 70.1 Å². The summed E-state index contributed by atoms with van der Waals surface area (Å²) in [6.45, 7) is 1.72. The second-order valence-corrected chi connectivity index (χ2v) is 8.07. The smallest absolute Gasteiger partial charge is 0.342 e.